The van der Waals surface area contributed by atoms with E-state index in [9.17, 15) is 4.39 Å². The summed E-state index contributed by atoms with van der Waals surface area (Å²) in [6, 6.07) is 8.74. The summed E-state index contributed by atoms with van der Waals surface area (Å²) in [5, 5.41) is 6.56. The fraction of sp³-hybridized carbons (Fsp3) is 0.444. The number of hydrogen-bond donors (Lipinski definition) is 2. The largest absolute Gasteiger partial charge is 0.370 e. The highest BCUT2D eigenvalue weighted by atomic mass is 19.1. The van der Waals surface area contributed by atoms with Crippen LogP contribution in [0.25, 0.3) is 0 Å². The molecule has 0 saturated carbocycles. The van der Waals surface area contributed by atoms with Crippen LogP contribution in [0, 0.1) is 12.7 Å². The van der Waals surface area contributed by atoms with Crippen molar-refractivity contribution in [3.05, 3.63) is 47.5 Å². The Morgan fingerprint density at radius 1 is 1.04 bits per heavy atom. The number of nitrogens with one attached hydrogen (secondary N) is 2. The molecule has 0 aliphatic heterocycles. The summed E-state index contributed by atoms with van der Waals surface area (Å²) < 4.78 is 13.6. The van der Waals surface area contributed by atoms with Crippen molar-refractivity contribution >= 4 is 11.6 Å². The molecule has 0 bridgehead atoms. The van der Waals surface area contributed by atoms with Crippen molar-refractivity contribution in [3.63, 3.8) is 0 Å². The third-order valence-corrected chi connectivity index (χ3v) is 3.58. The van der Waals surface area contributed by atoms with Gasteiger partial charge in [-0.05, 0) is 52.0 Å². The van der Waals surface area contributed by atoms with E-state index in [0.29, 0.717) is 24.4 Å². The lowest BCUT2D eigenvalue weighted by Gasteiger charge is -2.12. The Labute approximate surface area is 143 Å². The van der Waals surface area contributed by atoms with E-state index in [0.717, 1.165) is 31.1 Å². The first-order chi connectivity index (χ1) is 11.5. The van der Waals surface area contributed by atoms with Gasteiger partial charge in [-0.25, -0.2) is 14.4 Å². The molecule has 1 aromatic carbocycles. The van der Waals surface area contributed by atoms with Crippen LogP contribution in [0.1, 0.15) is 17.8 Å². The molecule has 130 valence electrons. The minimum absolute atomic E-state index is 0.165. The van der Waals surface area contributed by atoms with E-state index in [1.807, 2.05) is 19.1 Å². The van der Waals surface area contributed by atoms with Crippen molar-refractivity contribution < 1.29 is 4.39 Å². The summed E-state index contributed by atoms with van der Waals surface area (Å²) in [5.41, 5.74) is 0.706. The number of aromatic nitrogens is 2. The maximum Gasteiger partial charge on any atom is 0.131 e. The molecule has 5 nitrogen and oxygen atoms in total. The highest BCUT2D eigenvalue weighted by Gasteiger charge is 2.03. The number of benzene rings is 1. The van der Waals surface area contributed by atoms with Gasteiger partial charge >= 0.3 is 0 Å². The number of rotatable bonds is 9. The Balaban J connectivity index is 1.85. The number of anilines is 2. The van der Waals surface area contributed by atoms with Gasteiger partial charge in [-0.3, -0.25) is 0 Å². The van der Waals surface area contributed by atoms with Crippen molar-refractivity contribution in [1.82, 2.24) is 14.9 Å². The normalized spacial score (nSPS) is 10.9. The highest BCUT2D eigenvalue weighted by molar-refractivity contribution is 5.47. The third kappa shape index (κ3) is 6.12. The van der Waals surface area contributed by atoms with Gasteiger partial charge in [0, 0.05) is 19.2 Å². The van der Waals surface area contributed by atoms with Crippen LogP contribution in [0.3, 0.4) is 0 Å². The van der Waals surface area contributed by atoms with E-state index in [2.05, 4.69) is 39.6 Å². The van der Waals surface area contributed by atoms with Crippen LogP contribution in [0.4, 0.5) is 16.0 Å². The second kappa shape index (κ2) is 9.17. The maximum absolute atomic E-state index is 13.6. The van der Waals surface area contributed by atoms with Crippen LogP contribution < -0.4 is 10.6 Å². The average molecular weight is 331 g/mol. The van der Waals surface area contributed by atoms with E-state index in [-0.39, 0.29) is 5.82 Å². The lowest BCUT2D eigenvalue weighted by molar-refractivity contribution is 0.405. The Morgan fingerprint density at radius 2 is 1.71 bits per heavy atom. The topological polar surface area (TPSA) is 53.1 Å². The van der Waals surface area contributed by atoms with Gasteiger partial charge in [-0.2, -0.15) is 0 Å². The van der Waals surface area contributed by atoms with Crippen LogP contribution >= 0.6 is 0 Å². The van der Waals surface area contributed by atoms with E-state index in [1.165, 1.54) is 6.07 Å². The minimum Gasteiger partial charge on any atom is -0.370 e. The standard InChI is InChI=1S/C18H26FN5/c1-14-22-17(20-10-6-12-24(2)3)13-18(23-14)21-11-9-15-7-4-5-8-16(15)19/h4-5,7-8,13H,6,9-12H2,1-3H3,(H2,20,21,22,23). The van der Waals surface area contributed by atoms with Crippen LogP contribution in [-0.4, -0.2) is 48.6 Å². The molecule has 1 heterocycles. The molecular formula is C18H26FN5. The van der Waals surface area contributed by atoms with Gasteiger partial charge in [0.1, 0.15) is 23.3 Å². The Bertz CT molecular complexity index is 645. The molecule has 0 aliphatic rings. The molecule has 0 radical (unpaired) electrons. The summed E-state index contributed by atoms with van der Waals surface area (Å²) in [5.74, 6) is 2.12. The van der Waals surface area contributed by atoms with E-state index in [4.69, 9.17) is 0 Å². The first kappa shape index (κ1) is 18.1. The minimum atomic E-state index is -0.165. The van der Waals surface area contributed by atoms with Gasteiger partial charge in [0.15, 0.2) is 0 Å². The fourth-order valence-corrected chi connectivity index (χ4v) is 2.39. The van der Waals surface area contributed by atoms with Gasteiger partial charge in [0.2, 0.25) is 0 Å². The predicted octanol–water partition coefficient (Wildman–Crippen LogP) is 2.94. The van der Waals surface area contributed by atoms with Crippen molar-refractivity contribution in [2.75, 3.05) is 44.4 Å². The SMILES string of the molecule is Cc1nc(NCCCN(C)C)cc(NCCc2ccccc2F)n1. The molecule has 0 atom stereocenters. The van der Waals surface area contributed by atoms with Crippen molar-refractivity contribution in [2.45, 2.75) is 19.8 Å². The smallest absolute Gasteiger partial charge is 0.131 e. The van der Waals surface area contributed by atoms with E-state index >= 15 is 0 Å². The summed E-state index contributed by atoms with van der Waals surface area (Å²) in [6.07, 6.45) is 1.66. The van der Waals surface area contributed by atoms with Gasteiger partial charge in [-0.1, -0.05) is 18.2 Å². The molecule has 0 unspecified atom stereocenters. The molecule has 24 heavy (non-hydrogen) atoms. The Morgan fingerprint density at radius 3 is 2.38 bits per heavy atom. The lowest BCUT2D eigenvalue weighted by Crippen LogP contribution is -2.17. The zero-order valence-corrected chi connectivity index (χ0v) is 14.6. The summed E-state index contributed by atoms with van der Waals surface area (Å²) in [6.45, 7) is 4.39. The average Bonchev–Trinajstić information content (AvgIpc) is 2.53. The predicted molar refractivity (Wildman–Crippen MR) is 97.0 cm³/mol. The number of halogens is 1. The van der Waals surface area contributed by atoms with E-state index in [1.54, 1.807) is 12.1 Å². The Hall–Kier alpha value is -2.21. The van der Waals surface area contributed by atoms with Gasteiger partial charge < -0.3 is 15.5 Å². The molecule has 0 fully saturated rings. The number of nitrogens with zero attached hydrogens (tertiary/aromatic N) is 3. The zero-order valence-electron chi connectivity index (χ0n) is 14.6. The second-order valence-electron chi connectivity index (χ2n) is 6.04. The lowest BCUT2D eigenvalue weighted by atomic mass is 10.1. The maximum atomic E-state index is 13.6. The molecule has 2 aromatic rings. The van der Waals surface area contributed by atoms with Gasteiger partial charge in [0.05, 0.1) is 0 Å². The molecule has 2 N–H and O–H groups in total. The quantitative estimate of drug-likeness (QED) is 0.692. The molecular weight excluding hydrogens is 305 g/mol. The van der Waals surface area contributed by atoms with Gasteiger partial charge in [-0.15, -0.1) is 0 Å². The molecule has 0 aliphatic carbocycles. The monoisotopic (exact) mass is 331 g/mol. The molecule has 0 amide bonds. The van der Waals surface area contributed by atoms with Crippen molar-refractivity contribution in [2.24, 2.45) is 0 Å². The first-order valence-corrected chi connectivity index (χ1v) is 8.26. The Kier molecular flexibility index (Phi) is 6.93. The molecule has 1 aromatic heterocycles. The number of aryl methyl sites for hydroxylation is 1. The van der Waals surface area contributed by atoms with Crippen LogP contribution in [0.5, 0.6) is 0 Å². The van der Waals surface area contributed by atoms with E-state index < -0.39 is 0 Å². The van der Waals surface area contributed by atoms with Crippen molar-refractivity contribution in [3.8, 4) is 0 Å². The molecule has 0 spiro atoms. The summed E-state index contributed by atoms with van der Waals surface area (Å²) in [4.78, 5) is 10.9. The van der Waals surface area contributed by atoms with Crippen molar-refractivity contribution in [1.29, 1.82) is 0 Å². The summed E-state index contributed by atoms with van der Waals surface area (Å²) in [7, 11) is 4.12. The van der Waals surface area contributed by atoms with Gasteiger partial charge in [0.25, 0.3) is 0 Å². The van der Waals surface area contributed by atoms with Crippen LogP contribution in [0.15, 0.2) is 30.3 Å². The molecule has 6 heteroatoms. The second-order valence-corrected chi connectivity index (χ2v) is 6.04. The third-order valence-electron chi connectivity index (χ3n) is 3.58. The molecule has 2 rings (SSSR count). The fourth-order valence-electron chi connectivity index (χ4n) is 2.39. The zero-order chi connectivity index (χ0) is 17.4. The van der Waals surface area contributed by atoms with Crippen LogP contribution in [-0.2, 0) is 6.42 Å². The molecule has 0 saturated heterocycles. The highest BCUT2D eigenvalue weighted by Crippen LogP contribution is 2.12. The van der Waals surface area contributed by atoms with Crippen LogP contribution in [0.2, 0.25) is 0 Å². The number of hydrogen-bond acceptors (Lipinski definition) is 5. The summed E-state index contributed by atoms with van der Waals surface area (Å²) >= 11 is 0. The first-order valence-electron chi connectivity index (χ1n) is 8.26.